The summed E-state index contributed by atoms with van der Waals surface area (Å²) in [6, 6.07) is 1.45. The highest BCUT2D eigenvalue weighted by Gasteiger charge is 2.14. The quantitative estimate of drug-likeness (QED) is 0.546. The van der Waals surface area contributed by atoms with Crippen LogP contribution in [-0.4, -0.2) is 30.4 Å². The predicted octanol–water partition coefficient (Wildman–Crippen LogP) is -0.276. The highest BCUT2D eigenvalue weighted by atomic mass is 32.2. The van der Waals surface area contributed by atoms with Gasteiger partial charge in [0.2, 0.25) is 0 Å². The van der Waals surface area contributed by atoms with Crippen LogP contribution in [0.3, 0.4) is 0 Å². The number of rotatable bonds is 5. The van der Waals surface area contributed by atoms with E-state index in [2.05, 4.69) is 15.4 Å². The standard InChI is InChI=1S/C9H16N4O2S/c1-7-11-5-3-8(12-7)9(13-10)4-6-16(2,14)15/h3,5,9,13H,4,6,10H2,1-2H3. The monoisotopic (exact) mass is 244 g/mol. The van der Waals surface area contributed by atoms with Crippen molar-refractivity contribution in [1.29, 1.82) is 0 Å². The Kier molecular flexibility index (Phi) is 4.34. The van der Waals surface area contributed by atoms with Crippen LogP contribution in [-0.2, 0) is 9.84 Å². The molecule has 1 aromatic rings. The van der Waals surface area contributed by atoms with Crippen LogP contribution in [0.2, 0.25) is 0 Å². The summed E-state index contributed by atoms with van der Waals surface area (Å²) in [5.41, 5.74) is 3.27. The number of sulfone groups is 1. The molecular weight excluding hydrogens is 228 g/mol. The molecule has 1 heterocycles. The van der Waals surface area contributed by atoms with Gasteiger partial charge >= 0.3 is 0 Å². The number of hydrazine groups is 1. The summed E-state index contributed by atoms with van der Waals surface area (Å²) in [6.45, 7) is 1.77. The van der Waals surface area contributed by atoms with Crippen LogP contribution >= 0.6 is 0 Å². The van der Waals surface area contributed by atoms with Gasteiger partial charge in [0.1, 0.15) is 15.7 Å². The average Bonchev–Trinajstić information content (AvgIpc) is 2.17. The minimum atomic E-state index is -2.99. The molecule has 0 aliphatic carbocycles. The zero-order valence-electron chi connectivity index (χ0n) is 9.34. The van der Waals surface area contributed by atoms with Gasteiger partial charge in [-0.3, -0.25) is 11.3 Å². The number of aromatic nitrogens is 2. The first kappa shape index (κ1) is 13.0. The number of nitrogens with zero attached hydrogens (tertiary/aromatic N) is 2. The van der Waals surface area contributed by atoms with Gasteiger partial charge in [0, 0.05) is 12.5 Å². The van der Waals surface area contributed by atoms with Gasteiger partial charge in [-0.1, -0.05) is 0 Å². The first-order valence-electron chi connectivity index (χ1n) is 4.86. The summed E-state index contributed by atoms with van der Waals surface area (Å²) >= 11 is 0. The fraction of sp³-hybridized carbons (Fsp3) is 0.556. The second-order valence-corrected chi connectivity index (χ2v) is 5.93. The van der Waals surface area contributed by atoms with Crippen molar-refractivity contribution in [3.63, 3.8) is 0 Å². The number of aryl methyl sites for hydroxylation is 1. The zero-order chi connectivity index (χ0) is 12.2. The third kappa shape index (κ3) is 4.21. The van der Waals surface area contributed by atoms with E-state index in [4.69, 9.17) is 5.84 Å². The summed E-state index contributed by atoms with van der Waals surface area (Å²) in [5, 5.41) is 0. The third-order valence-corrected chi connectivity index (χ3v) is 3.11. The Morgan fingerprint density at radius 3 is 2.75 bits per heavy atom. The fourth-order valence-electron chi connectivity index (χ4n) is 1.32. The van der Waals surface area contributed by atoms with Crippen LogP contribution < -0.4 is 11.3 Å². The lowest BCUT2D eigenvalue weighted by Crippen LogP contribution is -2.30. The van der Waals surface area contributed by atoms with Crippen molar-refractivity contribution >= 4 is 9.84 Å². The molecule has 0 amide bonds. The van der Waals surface area contributed by atoms with Gasteiger partial charge in [-0.05, 0) is 19.4 Å². The Morgan fingerprint density at radius 1 is 1.56 bits per heavy atom. The number of nitrogens with one attached hydrogen (secondary N) is 1. The molecule has 1 rings (SSSR count). The van der Waals surface area contributed by atoms with Gasteiger partial charge in [-0.15, -0.1) is 0 Å². The van der Waals surface area contributed by atoms with Crippen molar-refractivity contribution in [3.8, 4) is 0 Å². The lowest BCUT2D eigenvalue weighted by molar-refractivity contribution is 0.518. The molecule has 3 N–H and O–H groups in total. The van der Waals surface area contributed by atoms with Gasteiger partial charge in [0.05, 0.1) is 17.5 Å². The molecule has 7 heteroatoms. The van der Waals surface area contributed by atoms with Crippen molar-refractivity contribution in [2.75, 3.05) is 12.0 Å². The lowest BCUT2D eigenvalue weighted by atomic mass is 10.1. The molecular formula is C9H16N4O2S. The molecule has 1 aromatic heterocycles. The topological polar surface area (TPSA) is 98.0 Å². The van der Waals surface area contributed by atoms with Crippen molar-refractivity contribution in [3.05, 3.63) is 23.8 Å². The summed E-state index contributed by atoms with van der Waals surface area (Å²) < 4.78 is 22.1. The van der Waals surface area contributed by atoms with E-state index < -0.39 is 9.84 Å². The van der Waals surface area contributed by atoms with E-state index in [-0.39, 0.29) is 11.8 Å². The van der Waals surface area contributed by atoms with Crippen LogP contribution in [0.25, 0.3) is 0 Å². The molecule has 0 spiro atoms. The van der Waals surface area contributed by atoms with Gasteiger partial charge in [-0.2, -0.15) is 0 Å². The van der Waals surface area contributed by atoms with E-state index in [1.165, 1.54) is 6.26 Å². The maximum Gasteiger partial charge on any atom is 0.147 e. The van der Waals surface area contributed by atoms with Crippen molar-refractivity contribution in [1.82, 2.24) is 15.4 Å². The lowest BCUT2D eigenvalue weighted by Gasteiger charge is -2.14. The van der Waals surface area contributed by atoms with Gasteiger partial charge in [-0.25, -0.2) is 18.4 Å². The first-order chi connectivity index (χ1) is 7.42. The van der Waals surface area contributed by atoms with Crippen LogP contribution in [0.5, 0.6) is 0 Å². The molecule has 0 saturated carbocycles. The Labute approximate surface area is 95.2 Å². The molecule has 1 unspecified atom stereocenters. The molecule has 6 nitrogen and oxygen atoms in total. The number of hydrogen-bond acceptors (Lipinski definition) is 6. The normalized spacial score (nSPS) is 13.7. The van der Waals surface area contributed by atoms with Crippen LogP contribution in [0, 0.1) is 6.92 Å². The Hall–Kier alpha value is -1.05. The van der Waals surface area contributed by atoms with Crippen LogP contribution in [0.4, 0.5) is 0 Å². The second kappa shape index (κ2) is 5.33. The van der Waals surface area contributed by atoms with Crippen molar-refractivity contribution < 1.29 is 8.42 Å². The smallest absolute Gasteiger partial charge is 0.147 e. The maximum absolute atomic E-state index is 11.0. The zero-order valence-corrected chi connectivity index (χ0v) is 10.2. The Balaban J connectivity index is 2.75. The van der Waals surface area contributed by atoms with Gasteiger partial charge in [0.25, 0.3) is 0 Å². The maximum atomic E-state index is 11.0. The van der Waals surface area contributed by atoms with Gasteiger partial charge in [0.15, 0.2) is 0 Å². The SMILES string of the molecule is Cc1nccc(C(CCS(C)(=O)=O)NN)n1. The Morgan fingerprint density at radius 2 is 2.25 bits per heavy atom. The van der Waals surface area contributed by atoms with Gasteiger partial charge < -0.3 is 0 Å². The summed E-state index contributed by atoms with van der Waals surface area (Å²) in [6.07, 6.45) is 3.22. The van der Waals surface area contributed by atoms with Crippen molar-refractivity contribution in [2.45, 2.75) is 19.4 Å². The number of hydrogen-bond donors (Lipinski definition) is 2. The molecule has 16 heavy (non-hydrogen) atoms. The molecule has 0 aromatic carbocycles. The fourth-order valence-corrected chi connectivity index (χ4v) is 1.98. The molecule has 0 radical (unpaired) electrons. The molecule has 90 valence electrons. The summed E-state index contributed by atoms with van der Waals surface area (Å²) in [5.74, 6) is 6.09. The number of nitrogens with two attached hydrogens (primary N) is 1. The predicted molar refractivity (Wildman–Crippen MR) is 61.2 cm³/mol. The summed E-state index contributed by atoms with van der Waals surface area (Å²) in [7, 11) is -2.99. The molecule has 0 saturated heterocycles. The molecule has 1 atom stereocenters. The molecule has 0 fully saturated rings. The molecule has 0 aliphatic heterocycles. The first-order valence-corrected chi connectivity index (χ1v) is 6.92. The second-order valence-electron chi connectivity index (χ2n) is 3.67. The summed E-state index contributed by atoms with van der Waals surface area (Å²) in [4.78, 5) is 8.16. The van der Waals surface area contributed by atoms with E-state index in [0.29, 0.717) is 17.9 Å². The largest absolute Gasteiger partial charge is 0.271 e. The van der Waals surface area contributed by atoms with E-state index in [0.717, 1.165) is 0 Å². The minimum absolute atomic E-state index is 0.0743. The van der Waals surface area contributed by atoms with E-state index in [1.807, 2.05) is 0 Å². The molecule has 0 bridgehead atoms. The van der Waals surface area contributed by atoms with Crippen LogP contribution in [0.15, 0.2) is 12.3 Å². The highest BCUT2D eigenvalue weighted by molar-refractivity contribution is 7.90. The van der Waals surface area contributed by atoms with E-state index >= 15 is 0 Å². The molecule has 0 aliphatic rings. The Bertz CT molecular complexity index is 447. The van der Waals surface area contributed by atoms with Crippen molar-refractivity contribution in [2.24, 2.45) is 5.84 Å². The average molecular weight is 244 g/mol. The highest BCUT2D eigenvalue weighted by Crippen LogP contribution is 2.13. The third-order valence-electron chi connectivity index (χ3n) is 2.13. The minimum Gasteiger partial charge on any atom is -0.271 e. The van der Waals surface area contributed by atoms with Crippen LogP contribution in [0.1, 0.15) is 24.0 Å². The van der Waals surface area contributed by atoms with E-state index in [9.17, 15) is 8.42 Å². The van der Waals surface area contributed by atoms with E-state index in [1.54, 1.807) is 19.2 Å².